The molecule has 3 aromatic rings. The number of allylic oxidation sites excluding steroid dienone is 1. The van der Waals surface area contributed by atoms with Crippen molar-refractivity contribution in [2.45, 2.75) is 64.5 Å². The van der Waals surface area contributed by atoms with Crippen LogP contribution in [0.15, 0.2) is 66.2 Å². The fourth-order valence-electron chi connectivity index (χ4n) is 6.16. The second kappa shape index (κ2) is 11.8. The van der Waals surface area contributed by atoms with E-state index < -0.39 is 59.1 Å². The Hall–Kier alpha value is -4.35. The van der Waals surface area contributed by atoms with Gasteiger partial charge in [0.25, 0.3) is 0 Å². The fraction of sp³-hybridized carbons (Fsp3) is 0.353. The summed E-state index contributed by atoms with van der Waals surface area (Å²) in [4.78, 5) is 25.6. The minimum Gasteiger partial charge on any atom is -0.478 e. The van der Waals surface area contributed by atoms with Crippen molar-refractivity contribution in [2.75, 3.05) is 6.54 Å². The van der Waals surface area contributed by atoms with E-state index in [1.807, 2.05) is 13.8 Å². The molecule has 0 radical (unpaired) electrons. The van der Waals surface area contributed by atoms with Crippen LogP contribution in [0.25, 0.3) is 16.7 Å². The minimum atomic E-state index is -5.06. The first-order valence-electron chi connectivity index (χ1n) is 14.4. The van der Waals surface area contributed by atoms with Gasteiger partial charge >= 0.3 is 24.4 Å². The summed E-state index contributed by atoms with van der Waals surface area (Å²) in [5.74, 6) is -1.64. The van der Waals surface area contributed by atoms with Crippen molar-refractivity contribution in [2.24, 2.45) is 5.41 Å². The maximum atomic E-state index is 15.0. The Balaban J connectivity index is 1.51. The molecule has 0 unspecified atom stereocenters. The second-order valence-electron chi connectivity index (χ2n) is 12.5. The van der Waals surface area contributed by atoms with E-state index in [2.05, 4.69) is 0 Å². The number of rotatable bonds is 6. The van der Waals surface area contributed by atoms with Crippen LogP contribution in [0.2, 0.25) is 0 Å². The van der Waals surface area contributed by atoms with Crippen LogP contribution in [0.1, 0.15) is 78.7 Å². The van der Waals surface area contributed by atoms with Gasteiger partial charge in [-0.2, -0.15) is 26.3 Å². The number of amides is 1. The van der Waals surface area contributed by atoms with E-state index in [1.165, 1.54) is 36.1 Å². The third-order valence-electron chi connectivity index (χ3n) is 8.57. The third kappa shape index (κ3) is 6.90. The normalized spacial score (nSPS) is 20.2. The number of nitrogens with zero attached hydrogens (tertiary/aromatic N) is 1. The molecular weight excluding hydrogens is 619 g/mol. The van der Waals surface area contributed by atoms with Gasteiger partial charge in [0.05, 0.1) is 22.7 Å². The van der Waals surface area contributed by atoms with Gasteiger partial charge in [-0.15, -0.1) is 0 Å². The summed E-state index contributed by atoms with van der Waals surface area (Å²) in [6.45, 7) is 5.53. The molecule has 1 aliphatic carbocycles. The zero-order chi connectivity index (χ0) is 33.8. The standard InChI is InChI=1S/C34H30F7NO4/c1-18-29(23-11-25(33(36,37)38)15-26(12-23)34(39,40)41)46-31(45)42(18)17-24-16-32(2,3)9-8-28(24)22-10-21(13-27(35)14-22)19-4-6-20(7-5-19)30(43)44/h4-7,10-15,18,29H,8-9,16-17H2,1-3H3,(H,43,44)/t18-,29-/m0/s1. The number of carbonyl (C=O) groups excluding carboxylic acids is 1. The smallest absolute Gasteiger partial charge is 0.416 e. The molecule has 0 spiro atoms. The van der Waals surface area contributed by atoms with Crippen molar-refractivity contribution in [1.82, 2.24) is 4.90 Å². The van der Waals surface area contributed by atoms with Crippen molar-refractivity contribution in [3.05, 3.63) is 99.9 Å². The van der Waals surface area contributed by atoms with E-state index in [4.69, 9.17) is 4.74 Å². The number of alkyl halides is 6. The molecule has 1 aliphatic heterocycles. The van der Waals surface area contributed by atoms with E-state index in [1.54, 1.807) is 18.2 Å². The number of benzene rings is 3. The molecule has 1 amide bonds. The van der Waals surface area contributed by atoms with Crippen LogP contribution in [-0.2, 0) is 17.1 Å². The average molecular weight is 650 g/mol. The van der Waals surface area contributed by atoms with Gasteiger partial charge in [0.15, 0.2) is 0 Å². The van der Waals surface area contributed by atoms with E-state index in [9.17, 15) is 45.4 Å². The SMILES string of the molecule is C[C@H]1[C@@H](c2cc(C(F)(F)F)cc(C(F)(F)F)c2)OC(=O)N1CC1=C(c2cc(F)cc(-c3ccc(C(=O)O)cc3)c2)CCC(C)(C)C1. The number of aromatic carboxylic acids is 1. The highest BCUT2D eigenvalue weighted by Crippen LogP contribution is 2.45. The van der Waals surface area contributed by atoms with Gasteiger partial charge in [-0.25, -0.2) is 14.0 Å². The third-order valence-corrected chi connectivity index (χ3v) is 8.57. The molecule has 3 aromatic carbocycles. The summed E-state index contributed by atoms with van der Waals surface area (Å²) < 4.78 is 102. The lowest BCUT2D eigenvalue weighted by atomic mass is 9.72. The highest BCUT2D eigenvalue weighted by atomic mass is 19.4. The molecule has 0 aromatic heterocycles. The van der Waals surface area contributed by atoms with Gasteiger partial charge in [-0.1, -0.05) is 26.0 Å². The summed E-state index contributed by atoms with van der Waals surface area (Å²) in [7, 11) is 0. The summed E-state index contributed by atoms with van der Waals surface area (Å²) in [6.07, 6.45) is -10.7. The van der Waals surface area contributed by atoms with Crippen LogP contribution in [0, 0.1) is 11.2 Å². The highest BCUT2D eigenvalue weighted by Gasteiger charge is 2.44. The topological polar surface area (TPSA) is 66.8 Å². The zero-order valence-corrected chi connectivity index (χ0v) is 25.0. The summed E-state index contributed by atoms with van der Waals surface area (Å²) in [6, 6.07) is 10.6. The molecule has 2 aliphatic rings. The van der Waals surface area contributed by atoms with Crippen LogP contribution < -0.4 is 0 Å². The maximum Gasteiger partial charge on any atom is 0.416 e. The molecule has 244 valence electrons. The predicted molar refractivity (Wildman–Crippen MR) is 155 cm³/mol. The van der Waals surface area contributed by atoms with Crippen LogP contribution in [0.5, 0.6) is 0 Å². The van der Waals surface area contributed by atoms with Crippen LogP contribution in [0.4, 0.5) is 35.5 Å². The number of ether oxygens (including phenoxy) is 1. The first-order valence-corrected chi connectivity index (χ1v) is 14.4. The summed E-state index contributed by atoms with van der Waals surface area (Å²) in [5.41, 5.74) is -0.399. The van der Waals surface area contributed by atoms with E-state index in [0.717, 1.165) is 17.6 Å². The quantitative estimate of drug-likeness (QED) is 0.270. The van der Waals surface area contributed by atoms with Crippen molar-refractivity contribution in [3.63, 3.8) is 0 Å². The molecule has 1 fully saturated rings. The molecular formula is C34H30F7NO4. The first-order chi connectivity index (χ1) is 21.3. The number of halogens is 7. The largest absolute Gasteiger partial charge is 0.478 e. The Morgan fingerprint density at radius 2 is 1.50 bits per heavy atom. The Morgan fingerprint density at radius 1 is 0.913 bits per heavy atom. The Labute approximate surface area is 260 Å². The molecule has 0 bridgehead atoms. The number of hydrogen-bond donors (Lipinski definition) is 1. The lowest BCUT2D eigenvalue weighted by Gasteiger charge is -2.35. The van der Waals surface area contributed by atoms with E-state index in [0.29, 0.717) is 41.7 Å². The minimum absolute atomic E-state index is 0.0255. The van der Waals surface area contributed by atoms with Crippen molar-refractivity contribution in [1.29, 1.82) is 0 Å². The maximum absolute atomic E-state index is 15.0. The predicted octanol–water partition coefficient (Wildman–Crippen LogP) is 9.77. The van der Waals surface area contributed by atoms with Gasteiger partial charge in [-0.3, -0.25) is 4.90 Å². The van der Waals surface area contributed by atoms with Gasteiger partial charge in [0.2, 0.25) is 0 Å². The molecule has 1 heterocycles. The van der Waals surface area contributed by atoms with Crippen LogP contribution in [0.3, 0.4) is 0 Å². The lowest BCUT2D eigenvalue weighted by Crippen LogP contribution is -2.35. The zero-order valence-electron chi connectivity index (χ0n) is 25.0. The van der Waals surface area contributed by atoms with Crippen LogP contribution >= 0.6 is 0 Å². The molecule has 5 nitrogen and oxygen atoms in total. The van der Waals surface area contributed by atoms with Crippen molar-refractivity contribution < 1.29 is 50.2 Å². The van der Waals surface area contributed by atoms with E-state index in [-0.39, 0.29) is 23.6 Å². The Bertz CT molecular complexity index is 1680. The Kier molecular flexibility index (Phi) is 8.46. The number of carbonyl (C=O) groups is 2. The lowest BCUT2D eigenvalue weighted by molar-refractivity contribution is -0.143. The molecule has 0 saturated carbocycles. The number of cyclic esters (lactones) is 1. The first kappa shape index (κ1) is 33.0. The van der Waals surface area contributed by atoms with Crippen LogP contribution in [-0.4, -0.2) is 34.7 Å². The molecule has 5 rings (SSSR count). The number of carboxylic acid groups (broad SMARTS) is 1. The van der Waals surface area contributed by atoms with Crippen molar-refractivity contribution >= 4 is 17.6 Å². The second-order valence-corrected chi connectivity index (χ2v) is 12.5. The molecule has 2 atom stereocenters. The highest BCUT2D eigenvalue weighted by molar-refractivity contribution is 5.88. The monoisotopic (exact) mass is 649 g/mol. The number of hydrogen-bond acceptors (Lipinski definition) is 3. The fourth-order valence-corrected chi connectivity index (χ4v) is 6.16. The molecule has 1 saturated heterocycles. The van der Waals surface area contributed by atoms with Gasteiger partial charge < -0.3 is 9.84 Å². The number of carboxylic acids is 1. The van der Waals surface area contributed by atoms with E-state index >= 15 is 0 Å². The summed E-state index contributed by atoms with van der Waals surface area (Å²) in [5, 5.41) is 9.21. The van der Waals surface area contributed by atoms with Gasteiger partial charge in [-0.05, 0) is 114 Å². The van der Waals surface area contributed by atoms with Crippen molar-refractivity contribution in [3.8, 4) is 11.1 Å². The Morgan fingerprint density at radius 3 is 2.07 bits per heavy atom. The average Bonchev–Trinajstić information content (AvgIpc) is 3.24. The molecule has 46 heavy (non-hydrogen) atoms. The molecule has 12 heteroatoms. The van der Waals surface area contributed by atoms with Gasteiger partial charge in [0.1, 0.15) is 11.9 Å². The van der Waals surface area contributed by atoms with Gasteiger partial charge in [0, 0.05) is 6.54 Å². The molecule has 1 N–H and O–H groups in total. The summed E-state index contributed by atoms with van der Waals surface area (Å²) >= 11 is 0.